The zero-order valence-electron chi connectivity index (χ0n) is 13.0. The van der Waals surface area contributed by atoms with Gasteiger partial charge in [-0.2, -0.15) is 0 Å². The monoisotopic (exact) mass is 271 g/mol. The Morgan fingerprint density at radius 3 is 1.53 bits per heavy atom. The van der Waals surface area contributed by atoms with Crippen molar-refractivity contribution in [3.8, 4) is 0 Å². The van der Waals surface area contributed by atoms with E-state index in [-0.39, 0.29) is 5.91 Å². The summed E-state index contributed by atoms with van der Waals surface area (Å²) in [5.74, 6) is -0.174. The molecule has 0 aliphatic heterocycles. The maximum atomic E-state index is 11.1. The lowest BCUT2D eigenvalue weighted by Crippen LogP contribution is -2.21. The molecule has 1 amide bonds. The van der Waals surface area contributed by atoms with E-state index in [9.17, 15) is 4.79 Å². The molecule has 0 aromatic carbocycles. The summed E-state index contributed by atoms with van der Waals surface area (Å²) in [5, 5.41) is 9.57. The van der Waals surface area contributed by atoms with E-state index in [1.165, 1.54) is 71.3 Å². The van der Waals surface area contributed by atoms with E-state index in [2.05, 4.69) is 6.92 Å². The van der Waals surface area contributed by atoms with Gasteiger partial charge in [0.05, 0.1) is 0 Å². The predicted octanol–water partition coefficient (Wildman–Crippen LogP) is 4.93. The third-order valence-corrected chi connectivity index (χ3v) is 3.61. The molecule has 0 rings (SSSR count). The standard InChI is InChI=1S/C16H33NO2/c1-3-4-5-6-7-8-9-10-11-12-13-14-15-16(18)17(2)19/h19H,3-15H2,1-2H3. The summed E-state index contributed by atoms with van der Waals surface area (Å²) >= 11 is 0. The van der Waals surface area contributed by atoms with Crippen molar-refractivity contribution in [1.29, 1.82) is 0 Å². The van der Waals surface area contributed by atoms with Gasteiger partial charge in [-0.25, -0.2) is 5.06 Å². The van der Waals surface area contributed by atoms with Crippen molar-refractivity contribution in [3.05, 3.63) is 0 Å². The van der Waals surface area contributed by atoms with E-state index in [1.807, 2.05) is 0 Å². The molecule has 0 aliphatic rings. The highest BCUT2D eigenvalue weighted by atomic mass is 16.5. The minimum absolute atomic E-state index is 0.174. The Labute approximate surface area is 119 Å². The van der Waals surface area contributed by atoms with E-state index >= 15 is 0 Å². The van der Waals surface area contributed by atoms with Crippen LogP contribution in [0.5, 0.6) is 0 Å². The minimum Gasteiger partial charge on any atom is -0.286 e. The summed E-state index contributed by atoms with van der Waals surface area (Å²) < 4.78 is 0. The topological polar surface area (TPSA) is 40.5 Å². The van der Waals surface area contributed by atoms with Crippen molar-refractivity contribution in [2.45, 2.75) is 90.4 Å². The van der Waals surface area contributed by atoms with Crippen LogP contribution in [0.3, 0.4) is 0 Å². The molecule has 0 spiro atoms. The van der Waals surface area contributed by atoms with E-state index in [4.69, 9.17) is 5.21 Å². The van der Waals surface area contributed by atoms with E-state index in [0.29, 0.717) is 11.5 Å². The Kier molecular flexibility index (Phi) is 13.4. The van der Waals surface area contributed by atoms with Gasteiger partial charge in [0.1, 0.15) is 0 Å². The molecule has 0 saturated carbocycles. The molecule has 19 heavy (non-hydrogen) atoms. The molecule has 0 atom stereocenters. The smallest absolute Gasteiger partial charge is 0.245 e. The lowest BCUT2D eigenvalue weighted by atomic mass is 10.0. The van der Waals surface area contributed by atoms with E-state index in [0.717, 1.165) is 12.8 Å². The second-order valence-electron chi connectivity index (χ2n) is 5.56. The number of rotatable bonds is 13. The molecule has 0 heterocycles. The molecular formula is C16H33NO2. The largest absolute Gasteiger partial charge is 0.286 e. The van der Waals surface area contributed by atoms with Gasteiger partial charge in [0.2, 0.25) is 5.91 Å². The summed E-state index contributed by atoms with van der Waals surface area (Å²) in [7, 11) is 1.39. The van der Waals surface area contributed by atoms with Crippen molar-refractivity contribution >= 4 is 5.91 Å². The zero-order valence-corrected chi connectivity index (χ0v) is 13.0. The number of hydrogen-bond acceptors (Lipinski definition) is 2. The third kappa shape index (κ3) is 13.7. The molecule has 0 saturated heterocycles. The molecule has 0 radical (unpaired) electrons. The second kappa shape index (κ2) is 13.9. The SMILES string of the molecule is CCCCCCCCCCCCCCC(=O)N(C)O. The van der Waals surface area contributed by atoms with Crippen LogP contribution in [0.2, 0.25) is 0 Å². The third-order valence-electron chi connectivity index (χ3n) is 3.61. The van der Waals surface area contributed by atoms with Crippen LogP contribution in [0, 0.1) is 0 Å². The first kappa shape index (κ1) is 18.4. The van der Waals surface area contributed by atoms with Crippen LogP contribution < -0.4 is 0 Å². The number of carbonyl (C=O) groups excluding carboxylic acids is 1. The van der Waals surface area contributed by atoms with Gasteiger partial charge >= 0.3 is 0 Å². The fourth-order valence-corrected chi connectivity index (χ4v) is 2.28. The summed E-state index contributed by atoms with van der Waals surface area (Å²) in [6.45, 7) is 2.26. The fourth-order valence-electron chi connectivity index (χ4n) is 2.28. The van der Waals surface area contributed by atoms with Crippen LogP contribution >= 0.6 is 0 Å². The van der Waals surface area contributed by atoms with Gasteiger partial charge in [0.15, 0.2) is 0 Å². The quantitative estimate of drug-likeness (QED) is 0.293. The molecule has 0 aromatic heterocycles. The Balaban J connectivity index is 3.05. The van der Waals surface area contributed by atoms with Crippen molar-refractivity contribution in [2.75, 3.05) is 7.05 Å². The average Bonchev–Trinajstić information content (AvgIpc) is 2.39. The van der Waals surface area contributed by atoms with Crippen LogP contribution in [0.4, 0.5) is 0 Å². The van der Waals surface area contributed by atoms with Gasteiger partial charge in [-0.3, -0.25) is 10.0 Å². The first-order valence-corrected chi connectivity index (χ1v) is 8.14. The van der Waals surface area contributed by atoms with Crippen molar-refractivity contribution in [1.82, 2.24) is 5.06 Å². The second-order valence-corrected chi connectivity index (χ2v) is 5.56. The first-order valence-electron chi connectivity index (χ1n) is 8.14. The molecule has 114 valence electrons. The Morgan fingerprint density at radius 1 is 0.789 bits per heavy atom. The normalized spacial score (nSPS) is 10.7. The minimum atomic E-state index is -0.174. The van der Waals surface area contributed by atoms with Crippen LogP contribution in [0.15, 0.2) is 0 Å². The van der Waals surface area contributed by atoms with Gasteiger partial charge in [0.25, 0.3) is 0 Å². The Morgan fingerprint density at radius 2 is 1.16 bits per heavy atom. The highest BCUT2D eigenvalue weighted by Gasteiger charge is 2.03. The number of carbonyl (C=O) groups is 1. The Bertz CT molecular complexity index is 205. The summed E-state index contributed by atoms with van der Waals surface area (Å²) in [6.07, 6.45) is 16.0. The number of nitrogens with zero attached hydrogens (tertiary/aromatic N) is 1. The maximum absolute atomic E-state index is 11.1. The molecule has 0 bridgehead atoms. The Hall–Kier alpha value is -0.570. The molecule has 0 aromatic rings. The van der Waals surface area contributed by atoms with E-state index in [1.54, 1.807) is 0 Å². The summed E-state index contributed by atoms with van der Waals surface area (Å²) in [6, 6.07) is 0. The van der Waals surface area contributed by atoms with Crippen molar-refractivity contribution in [3.63, 3.8) is 0 Å². The van der Waals surface area contributed by atoms with Gasteiger partial charge in [-0.05, 0) is 6.42 Å². The highest BCUT2D eigenvalue weighted by molar-refractivity contribution is 5.74. The first-order chi connectivity index (χ1) is 9.18. The van der Waals surface area contributed by atoms with E-state index < -0.39 is 0 Å². The van der Waals surface area contributed by atoms with Crippen LogP contribution in [-0.4, -0.2) is 23.2 Å². The molecule has 0 aliphatic carbocycles. The van der Waals surface area contributed by atoms with Gasteiger partial charge in [-0.1, -0.05) is 77.6 Å². The molecule has 0 fully saturated rings. The lowest BCUT2D eigenvalue weighted by Gasteiger charge is -2.07. The number of amides is 1. The fraction of sp³-hybridized carbons (Fsp3) is 0.938. The van der Waals surface area contributed by atoms with Crippen molar-refractivity contribution in [2.24, 2.45) is 0 Å². The van der Waals surface area contributed by atoms with Gasteiger partial charge in [-0.15, -0.1) is 0 Å². The highest BCUT2D eigenvalue weighted by Crippen LogP contribution is 2.12. The van der Waals surface area contributed by atoms with Crippen LogP contribution in [0.1, 0.15) is 90.4 Å². The van der Waals surface area contributed by atoms with Crippen LogP contribution in [-0.2, 0) is 4.79 Å². The van der Waals surface area contributed by atoms with Crippen LogP contribution in [0.25, 0.3) is 0 Å². The maximum Gasteiger partial charge on any atom is 0.245 e. The average molecular weight is 271 g/mol. The van der Waals surface area contributed by atoms with Crippen molar-refractivity contribution < 1.29 is 10.0 Å². The lowest BCUT2D eigenvalue weighted by molar-refractivity contribution is -0.159. The molecule has 3 heteroatoms. The number of hydrogen-bond donors (Lipinski definition) is 1. The number of hydroxylamine groups is 2. The number of unbranched alkanes of at least 4 members (excludes halogenated alkanes) is 11. The summed E-state index contributed by atoms with van der Waals surface area (Å²) in [4.78, 5) is 11.1. The predicted molar refractivity (Wildman–Crippen MR) is 80.3 cm³/mol. The molecule has 3 nitrogen and oxygen atoms in total. The summed E-state index contributed by atoms with van der Waals surface area (Å²) in [5.41, 5.74) is 0. The molecule has 0 unspecified atom stereocenters. The molecule has 1 N–H and O–H groups in total. The zero-order chi connectivity index (χ0) is 14.3. The van der Waals surface area contributed by atoms with Gasteiger partial charge < -0.3 is 0 Å². The van der Waals surface area contributed by atoms with Gasteiger partial charge in [0, 0.05) is 13.5 Å². The molecular weight excluding hydrogens is 238 g/mol.